The van der Waals surface area contributed by atoms with Gasteiger partial charge in [-0.15, -0.1) is 0 Å². The normalized spacial score (nSPS) is 25.8. The minimum absolute atomic E-state index is 0.0674. The highest BCUT2D eigenvalue weighted by Gasteiger charge is 2.50. The molecule has 6 heteroatoms. The fourth-order valence-corrected chi connectivity index (χ4v) is 5.90. The molecule has 2 bridgehead atoms. The fraction of sp³-hybridized carbons (Fsp3) is 0.545. The number of rotatable bonds is 2. The van der Waals surface area contributed by atoms with Gasteiger partial charge in [-0.2, -0.15) is 0 Å². The van der Waals surface area contributed by atoms with Crippen LogP contribution in [0.3, 0.4) is 0 Å². The van der Waals surface area contributed by atoms with E-state index in [0.29, 0.717) is 27.7 Å². The lowest BCUT2D eigenvalue weighted by Gasteiger charge is -2.39. The number of nitrogens with one attached hydrogen (secondary N) is 1. The number of fused-ring (bicyclic) bond motifs is 2. The van der Waals surface area contributed by atoms with E-state index in [1.54, 1.807) is 4.68 Å². The zero-order valence-electron chi connectivity index (χ0n) is 17.5. The molecule has 1 N–H and O–H groups in total. The molecule has 1 aliphatic heterocycles. The van der Waals surface area contributed by atoms with Crippen LogP contribution < -0.4 is 10.9 Å². The minimum atomic E-state index is -0.0674. The molecule has 2 unspecified atom stereocenters. The Bertz CT molecular complexity index is 974. The van der Waals surface area contributed by atoms with Gasteiger partial charge in [-0.25, -0.2) is 4.68 Å². The van der Waals surface area contributed by atoms with Crippen LogP contribution in [0, 0.1) is 17.8 Å². The molecule has 1 aromatic heterocycles. The number of aromatic nitrogens is 2. The number of hydrogen-bond acceptors (Lipinski definition) is 2. The highest BCUT2D eigenvalue weighted by Crippen LogP contribution is 2.52. The first-order valence-electron chi connectivity index (χ1n) is 10.0. The smallest absolute Gasteiger partial charge is 0.295 e. The van der Waals surface area contributed by atoms with E-state index in [0.717, 1.165) is 24.3 Å². The third-order valence-electron chi connectivity index (χ3n) is 6.46. The molecule has 5 nitrogen and oxygen atoms in total. The SMILES string of the molecule is Cc1c(NC(=S)N2CC3(C)CC2CC(C)(C)C3)c(=O)n(-c2ccccc2)n1C. The molecule has 1 aliphatic carbocycles. The molecule has 2 fully saturated rings. The van der Waals surface area contributed by atoms with Crippen molar-refractivity contribution in [1.29, 1.82) is 0 Å². The van der Waals surface area contributed by atoms with Crippen LogP contribution in [-0.4, -0.2) is 32.0 Å². The summed E-state index contributed by atoms with van der Waals surface area (Å²) in [6, 6.07) is 10.2. The van der Waals surface area contributed by atoms with Crippen LogP contribution in [0.2, 0.25) is 0 Å². The molecule has 150 valence electrons. The average molecular weight is 399 g/mol. The summed E-state index contributed by atoms with van der Waals surface area (Å²) in [6.45, 7) is 10.0. The molecular formula is C22H30N4OS. The quantitative estimate of drug-likeness (QED) is 0.774. The maximum Gasteiger partial charge on any atom is 0.295 e. The molecule has 2 heterocycles. The predicted molar refractivity (Wildman–Crippen MR) is 118 cm³/mol. The van der Waals surface area contributed by atoms with Gasteiger partial charge >= 0.3 is 0 Å². The Morgan fingerprint density at radius 2 is 1.86 bits per heavy atom. The number of benzene rings is 1. The van der Waals surface area contributed by atoms with Gasteiger partial charge in [0.2, 0.25) is 0 Å². The van der Waals surface area contributed by atoms with Crippen LogP contribution in [0.4, 0.5) is 5.69 Å². The van der Waals surface area contributed by atoms with Crippen molar-refractivity contribution in [2.45, 2.75) is 53.0 Å². The van der Waals surface area contributed by atoms with Gasteiger partial charge in [-0.1, -0.05) is 39.0 Å². The molecule has 0 spiro atoms. The van der Waals surface area contributed by atoms with E-state index in [1.165, 1.54) is 12.8 Å². The van der Waals surface area contributed by atoms with Crippen LogP contribution >= 0.6 is 12.2 Å². The van der Waals surface area contributed by atoms with Gasteiger partial charge in [0.05, 0.1) is 11.4 Å². The first-order chi connectivity index (χ1) is 13.1. The summed E-state index contributed by atoms with van der Waals surface area (Å²) in [5, 5.41) is 3.99. The molecule has 1 saturated carbocycles. The van der Waals surface area contributed by atoms with Crippen LogP contribution in [0.5, 0.6) is 0 Å². The third kappa shape index (κ3) is 3.17. The zero-order chi connectivity index (χ0) is 20.3. The molecule has 1 saturated heterocycles. The van der Waals surface area contributed by atoms with Crippen LogP contribution in [0.1, 0.15) is 45.7 Å². The second-order valence-corrected chi connectivity index (χ2v) is 10.1. The number of para-hydroxylation sites is 1. The summed E-state index contributed by atoms with van der Waals surface area (Å²) < 4.78 is 3.57. The molecule has 2 atom stereocenters. The number of hydrogen-bond donors (Lipinski definition) is 1. The third-order valence-corrected chi connectivity index (χ3v) is 6.80. The molecule has 1 aromatic carbocycles. The van der Waals surface area contributed by atoms with Gasteiger partial charge in [-0.3, -0.25) is 9.48 Å². The number of nitrogens with zero attached hydrogens (tertiary/aromatic N) is 3. The summed E-state index contributed by atoms with van der Waals surface area (Å²) in [5.74, 6) is 0. The van der Waals surface area contributed by atoms with Crippen LogP contribution in [0.25, 0.3) is 5.69 Å². The Kier molecular flexibility index (Phi) is 4.45. The highest BCUT2D eigenvalue weighted by molar-refractivity contribution is 7.80. The maximum absolute atomic E-state index is 13.2. The summed E-state index contributed by atoms with van der Waals surface area (Å²) in [7, 11) is 1.91. The van der Waals surface area contributed by atoms with E-state index in [-0.39, 0.29) is 5.56 Å². The highest BCUT2D eigenvalue weighted by atomic mass is 32.1. The monoisotopic (exact) mass is 398 g/mol. The van der Waals surface area contributed by atoms with Crippen molar-refractivity contribution in [3.8, 4) is 5.69 Å². The topological polar surface area (TPSA) is 42.2 Å². The lowest BCUT2D eigenvalue weighted by molar-refractivity contribution is 0.132. The molecule has 0 amide bonds. The van der Waals surface area contributed by atoms with Gasteiger partial charge in [0.25, 0.3) is 5.56 Å². The molecular weight excluding hydrogens is 368 g/mol. The van der Waals surface area contributed by atoms with E-state index in [2.05, 4.69) is 31.0 Å². The van der Waals surface area contributed by atoms with Crippen molar-refractivity contribution in [3.05, 3.63) is 46.4 Å². The number of thiocarbonyl (C=S) groups is 1. The summed E-state index contributed by atoms with van der Waals surface area (Å²) in [5.41, 5.74) is 2.87. The number of likely N-dealkylation sites (tertiary alicyclic amines) is 1. The minimum Gasteiger partial charge on any atom is -0.345 e. The van der Waals surface area contributed by atoms with Crippen molar-refractivity contribution in [3.63, 3.8) is 0 Å². The van der Waals surface area contributed by atoms with Gasteiger partial charge in [0.1, 0.15) is 5.69 Å². The van der Waals surface area contributed by atoms with Crippen molar-refractivity contribution in [1.82, 2.24) is 14.3 Å². The van der Waals surface area contributed by atoms with E-state index >= 15 is 0 Å². The Hall–Kier alpha value is -2.08. The summed E-state index contributed by atoms with van der Waals surface area (Å²) in [6.07, 6.45) is 3.55. The Morgan fingerprint density at radius 1 is 1.18 bits per heavy atom. The lowest BCUT2D eigenvalue weighted by Crippen LogP contribution is -2.40. The first-order valence-corrected chi connectivity index (χ1v) is 10.4. The largest absolute Gasteiger partial charge is 0.345 e. The maximum atomic E-state index is 13.2. The molecule has 28 heavy (non-hydrogen) atoms. The Balaban J connectivity index is 1.62. The standard InChI is InChI=1S/C22H30N4OS/c1-15-18(19(27)26(24(15)5)16-9-7-6-8-10-16)23-20(28)25-14-22(4)12-17(25)11-21(2,3)13-22/h6-10,17H,11-14H2,1-5H3,(H,23,28). The number of anilines is 1. The van der Waals surface area contributed by atoms with Gasteiger partial charge in [0.15, 0.2) is 5.11 Å². The van der Waals surface area contributed by atoms with E-state index in [9.17, 15) is 4.79 Å². The molecule has 2 aromatic rings. The van der Waals surface area contributed by atoms with Crippen molar-refractivity contribution in [2.24, 2.45) is 17.9 Å². The fourth-order valence-electron chi connectivity index (χ4n) is 5.59. The Morgan fingerprint density at radius 3 is 2.54 bits per heavy atom. The van der Waals surface area contributed by atoms with Gasteiger partial charge < -0.3 is 10.2 Å². The second kappa shape index (κ2) is 6.48. The molecule has 0 radical (unpaired) electrons. The van der Waals surface area contributed by atoms with E-state index in [4.69, 9.17) is 12.2 Å². The lowest BCUT2D eigenvalue weighted by atomic mass is 9.65. The zero-order valence-corrected chi connectivity index (χ0v) is 18.3. The van der Waals surface area contributed by atoms with Crippen LogP contribution in [-0.2, 0) is 7.05 Å². The Labute approximate surface area is 172 Å². The van der Waals surface area contributed by atoms with E-state index < -0.39 is 0 Å². The van der Waals surface area contributed by atoms with Gasteiger partial charge in [0, 0.05) is 19.6 Å². The van der Waals surface area contributed by atoms with Gasteiger partial charge in [-0.05, 0) is 61.4 Å². The second-order valence-electron chi connectivity index (χ2n) is 9.71. The average Bonchev–Trinajstić information content (AvgIpc) is 2.99. The molecule has 4 rings (SSSR count). The first kappa shape index (κ1) is 19.2. The predicted octanol–water partition coefficient (Wildman–Crippen LogP) is 4.08. The van der Waals surface area contributed by atoms with E-state index in [1.807, 2.05) is 49.0 Å². The summed E-state index contributed by atoms with van der Waals surface area (Å²) in [4.78, 5) is 15.5. The molecule has 2 aliphatic rings. The van der Waals surface area contributed by atoms with Crippen molar-refractivity contribution >= 4 is 23.0 Å². The van der Waals surface area contributed by atoms with Crippen LogP contribution in [0.15, 0.2) is 35.1 Å². The summed E-state index contributed by atoms with van der Waals surface area (Å²) >= 11 is 5.79. The van der Waals surface area contributed by atoms with Crippen molar-refractivity contribution in [2.75, 3.05) is 11.9 Å². The van der Waals surface area contributed by atoms with Crippen molar-refractivity contribution < 1.29 is 0 Å².